The molecule has 0 fully saturated rings. The fourth-order valence-corrected chi connectivity index (χ4v) is 14.3. The lowest BCUT2D eigenvalue weighted by atomic mass is 9.87. The maximum Gasteiger partial charge on any atom is 0.122 e. The summed E-state index contributed by atoms with van der Waals surface area (Å²) in [5.41, 5.74) is 17.7. The molecule has 0 amide bonds. The van der Waals surface area contributed by atoms with Crippen molar-refractivity contribution in [2.45, 2.75) is 83.5 Å². The number of hydrogen-bond donors (Lipinski definition) is 12. The van der Waals surface area contributed by atoms with Crippen molar-refractivity contribution in [3.63, 3.8) is 0 Å². The van der Waals surface area contributed by atoms with E-state index in [0.29, 0.717) is 122 Å². The third kappa shape index (κ3) is 13.8. The molecule has 0 unspecified atom stereocenters. The Kier molecular flexibility index (Phi) is 16.9. The quantitative estimate of drug-likeness (QED) is 0.0788. The first-order valence-corrected chi connectivity index (χ1v) is 32.6. The van der Waals surface area contributed by atoms with Crippen molar-refractivity contribution < 1.29 is 61.3 Å². The Morgan fingerprint density at radius 2 is 0.443 bits per heavy atom. The van der Waals surface area contributed by atoms with E-state index >= 15 is 0 Å². The fraction of sp³-hybridized carbons (Fsp3) is 0.153. The lowest BCUT2D eigenvalue weighted by Gasteiger charge is -2.20. The molecule has 12 N–H and O–H groups in total. The van der Waals surface area contributed by atoms with E-state index in [1.807, 2.05) is 133 Å². The Labute approximate surface area is 561 Å². The van der Waals surface area contributed by atoms with Crippen LogP contribution in [0.25, 0.3) is 0 Å². The lowest BCUT2D eigenvalue weighted by molar-refractivity contribution is 0.454. The molecule has 2 aliphatic rings. The maximum absolute atomic E-state index is 12.6. The number of benzene rings is 12. The molecule has 22 bridgehead atoms. The van der Waals surface area contributed by atoms with Crippen LogP contribution in [0.5, 0.6) is 69.0 Å². The van der Waals surface area contributed by atoms with Crippen molar-refractivity contribution in [3.05, 3.63) is 351 Å². The molecule has 2 aliphatic carbocycles. The summed E-state index contributed by atoms with van der Waals surface area (Å²) in [4.78, 5) is 0. The van der Waals surface area contributed by atoms with Crippen molar-refractivity contribution in [1.82, 2.24) is 0 Å². The van der Waals surface area contributed by atoms with Gasteiger partial charge in [0.15, 0.2) is 0 Å². The lowest BCUT2D eigenvalue weighted by Crippen LogP contribution is -2.04. The van der Waals surface area contributed by atoms with E-state index in [4.69, 9.17) is 0 Å². The molecule has 12 aromatic rings. The Morgan fingerprint density at radius 1 is 0.186 bits per heavy atom. The van der Waals surface area contributed by atoms with Gasteiger partial charge in [0.25, 0.3) is 0 Å². The minimum atomic E-state index is -0.0362. The summed E-state index contributed by atoms with van der Waals surface area (Å²) in [5, 5.41) is 140. The normalized spacial score (nSPS) is 13.1. The van der Waals surface area contributed by atoms with Crippen LogP contribution in [-0.2, 0) is 83.5 Å². The summed E-state index contributed by atoms with van der Waals surface area (Å²) in [7, 11) is 0. The first-order chi connectivity index (χ1) is 46.8. The summed E-state index contributed by atoms with van der Waals surface area (Å²) in [6.07, 6.45) is 3.31. The topological polar surface area (TPSA) is 243 Å². The van der Waals surface area contributed by atoms with Crippen molar-refractivity contribution in [1.29, 1.82) is 0 Å². The van der Waals surface area contributed by atoms with Crippen LogP contribution in [0, 0.1) is 0 Å². The highest BCUT2D eigenvalue weighted by Gasteiger charge is 2.24. The Bertz CT molecular complexity index is 5070. The van der Waals surface area contributed by atoms with E-state index in [1.54, 1.807) is 72.8 Å². The molecule has 0 atom stereocenters. The van der Waals surface area contributed by atoms with Gasteiger partial charge in [-0.25, -0.2) is 0 Å². The van der Waals surface area contributed by atoms with E-state index in [1.165, 1.54) is 0 Å². The zero-order valence-electron chi connectivity index (χ0n) is 53.2. The fourth-order valence-electron chi connectivity index (χ4n) is 14.3. The van der Waals surface area contributed by atoms with Gasteiger partial charge in [-0.3, -0.25) is 0 Å². The van der Waals surface area contributed by atoms with Crippen LogP contribution >= 0.6 is 0 Å². The van der Waals surface area contributed by atoms with E-state index < -0.39 is 0 Å². The molecule has 484 valence electrons. The maximum atomic E-state index is 12.6. The molecule has 0 aromatic heterocycles. The zero-order valence-corrected chi connectivity index (χ0v) is 53.2. The smallest absolute Gasteiger partial charge is 0.122 e. The molecule has 14 rings (SSSR count). The molecule has 0 spiro atoms. The van der Waals surface area contributed by atoms with Crippen molar-refractivity contribution in [3.8, 4) is 69.0 Å². The van der Waals surface area contributed by atoms with Crippen LogP contribution in [0.3, 0.4) is 0 Å². The van der Waals surface area contributed by atoms with Gasteiger partial charge in [-0.15, -0.1) is 0 Å². The number of aromatic hydroxyl groups is 12. The van der Waals surface area contributed by atoms with Crippen molar-refractivity contribution in [2.75, 3.05) is 0 Å². The predicted molar refractivity (Wildman–Crippen MR) is 374 cm³/mol. The van der Waals surface area contributed by atoms with Gasteiger partial charge >= 0.3 is 0 Å². The third-order valence-corrected chi connectivity index (χ3v) is 19.2. The van der Waals surface area contributed by atoms with Gasteiger partial charge < -0.3 is 61.3 Å². The molecular formula is C85H72O12. The molecule has 0 aliphatic heterocycles. The molecule has 0 heterocycles. The monoisotopic (exact) mass is 1280 g/mol. The molecular weight excluding hydrogens is 1210 g/mol. The number of phenolic OH excluding ortho intramolecular Hbond substituents is 12. The zero-order chi connectivity index (χ0) is 67.2. The van der Waals surface area contributed by atoms with E-state index in [0.717, 1.165) is 61.2 Å². The first-order valence-electron chi connectivity index (χ1n) is 32.6. The van der Waals surface area contributed by atoms with Gasteiger partial charge in [-0.05, 0) is 212 Å². The van der Waals surface area contributed by atoms with Crippen LogP contribution in [0.4, 0.5) is 0 Å². The molecule has 0 saturated carbocycles. The summed E-state index contributed by atoms with van der Waals surface area (Å²) < 4.78 is 0. The SMILES string of the molecule is Oc1ccc(Cc2cc3c(O)c(c2)Cc2cc4cc(c2O)Cc2ccc(O)c(c2)Cc2cc(c(O)c(c2)C4)Cc2ccc(O)c(c2)Cc2ccc(O)c(c2)Cc2cc(ccc2O)Cc2ccc(O)c(c2)Cc2cc(Cc4ccccc4O)cc(c2O)Cc2ccc(O)c(c2)C3)cc1. The summed E-state index contributed by atoms with van der Waals surface area (Å²) in [6, 6.07) is 61.4. The average Bonchev–Trinajstić information content (AvgIpc) is 0.857. The summed E-state index contributed by atoms with van der Waals surface area (Å²) in [6.45, 7) is 0. The van der Waals surface area contributed by atoms with Gasteiger partial charge in [0.1, 0.15) is 69.0 Å². The predicted octanol–water partition coefficient (Wildman–Crippen LogP) is 15.5. The second-order valence-electron chi connectivity index (χ2n) is 26.4. The standard InChI is InChI=1S/C85H72O12/c86-74-13-5-48(6-14-74)21-55-35-70-46-65-29-54(12-20-81(65)93)32-67-37-56(33-59-3-1-2-4-75(59)87)42-71(83(67)95)45-64-24-50(8-16-80(64)92)22-49-7-15-78(90)62(23-49)44-63-28-51(9-19-79(63)91)25-60-26-52(10-17-76(60)88)30-66-38-57-34-61-27-53(11-18-77(61)89)31-68-40-58(41-69(39-57)82(66)94)43-73(84(68)96)47-72(36-55)85(70)97/h1-20,23-24,26-29,35-40,42-43,86-97H,21-22,25,30-34,41,44-47H2. The largest absolute Gasteiger partial charge is 0.508 e. The Balaban J connectivity index is 0.906. The van der Waals surface area contributed by atoms with Crippen LogP contribution in [0.15, 0.2) is 206 Å². The molecule has 97 heavy (non-hydrogen) atoms. The van der Waals surface area contributed by atoms with Gasteiger partial charge in [-0.1, -0.05) is 152 Å². The molecule has 0 radical (unpaired) electrons. The number of fused-ring (bicyclic) bond motifs is 20. The van der Waals surface area contributed by atoms with Crippen molar-refractivity contribution in [2.24, 2.45) is 0 Å². The average molecular weight is 1290 g/mol. The first kappa shape index (κ1) is 62.7. The van der Waals surface area contributed by atoms with E-state index in [2.05, 4.69) is 0 Å². The van der Waals surface area contributed by atoms with Crippen LogP contribution < -0.4 is 0 Å². The van der Waals surface area contributed by atoms with Gasteiger partial charge in [0.05, 0.1) is 0 Å². The van der Waals surface area contributed by atoms with E-state index in [9.17, 15) is 61.3 Å². The Hall–Kier alpha value is -11.8. The highest BCUT2D eigenvalue weighted by molar-refractivity contribution is 5.59. The highest BCUT2D eigenvalue weighted by Crippen LogP contribution is 2.41. The number of phenols is 12. The van der Waals surface area contributed by atoms with Gasteiger partial charge in [0.2, 0.25) is 0 Å². The minimum absolute atomic E-state index is 0.00954. The number of hydrogen-bond acceptors (Lipinski definition) is 12. The van der Waals surface area contributed by atoms with Gasteiger partial charge in [-0.2, -0.15) is 0 Å². The van der Waals surface area contributed by atoms with Crippen LogP contribution in [-0.4, -0.2) is 61.3 Å². The van der Waals surface area contributed by atoms with Crippen molar-refractivity contribution >= 4 is 0 Å². The second-order valence-corrected chi connectivity index (χ2v) is 26.4. The second kappa shape index (κ2) is 26.2. The highest BCUT2D eigenvalue weighted by atomic mass is 16.3. The van der Waals surface area contributed by atoms with Crippen LogP contribution in [0.2, 0.25) is 0 Å². The molecule has 12 aromatic carbocycles. The Morgan fingerprint density at radius 3 is 0.825 bits per heavy atom. The van der Waals surface area contributed by atoms with Gasteiger partial charge in [0, 0.05) is 70.6 Å². The third-order valence-electron chi connectivity index (χ3n) is 19.2. The minimum Gasteiger partial charge on any atom is -0.508 e. The number of rotatable bonds is 4. The van der Waals surface area contributed by atoms with Crippen LogP contribution in [0.1, 0.15) is 145 Å². The number of para-hydroxylation sites is 1. The molecule has 0 saturated heterocycles. The molecule has 12 heteroatoms. The summed E-state index contributed by atoms with van der Waals surface area (Å²) in [5.74, 6) is 0.588. The van der Waals surface area contributed by atoms with E-state index in [-0.39, 0.29) is 114 Å². The molecule has 12 nitrogen and oxygen atoms in total. The summed E-state index contributed by atoms with van der Waals surface area (Å²) >= 11 is 0.